The number of unbranched alkanes of at least 4 members (excludes halogenated alkanes) is 1. The first-order valence-corrected chi connectivity index (χ1v) is 11.9. The van der Waals surface area contributed by atoms with Gasteiger partial charge in [0.1, 0.15) is 5.75 Å². The van der Waals surface area contributed by atoms with Gasteiger partial charge < -0.3 is 30.2 Å². The molecular weight excluding hydrogens is 418 g/mol. The van der Waals surface area contributed by atoms with Gasteiger partial charge in [0.05, 0.1) is 41.1 Å². The number of halogens is 1. The predicted octanol–water partition coefficient (Wildman–Crippen LogP) is 3.03. The largest absolute Gasteiger partial charge is 0.492 e. The van der Waals surface area contributed by atoms with E-state index in [-0.39, 0.29) is 18.1 Å². The number of benzene rings is 1. The molecule has 3 aliphatic rings. The lowest BCUT2D eigenvalue weighted by Gasteiger charge is -2.38. The zero-order chi connectivity index (χ0) is 21.8. The van der Waals surface area contributed by atoms with Crippen LogP contribution in [0.1, 0.15) is 54.4 Å². The second kappa shape index (κ2) is 10.4. The van der Waals surface area contributed by atoms with E-state index in [4.69, 9.17) is 31.5 Å². The number of amides is 1. The van der Waals surface area contributed by atoms with E-state index in [1.54, 1.807) is 13.2 Å². The number of rotatable bonds is 8. The molecule has 0 aromatic heterocycles. The summed E-state index contributed by atoms with van der Waals surface area (Å²) in [6, 6.07) is 1.57. The Balaban J connectivity index is 1.29. The lowest BCUT2D eigenvalue weighted by molar-refractivity contribution is 0.00563. The summed E-state index contributed by atoms with van der Waals surface area (Å²) in [7, 11) is 1.71. The van der Waals surface area contributed by atoms with Crippen LogP contribution < -0.4 is 15.8 Å². The van der Waals surface area contributed by atoms with E-state index in [9.17, 15) is 4.79 Å². The molecule has 7 nitrogen and oxygen atoms in total. The van der Waals surface area contributed by atoms with E-state index >= 15 is 0 Å². The Labute approximate surface area is 189 Å². The van der Waals surface area contributed by atoms with Gasteiger partial charge in [-0.25, -0.2) is 0 Å². The third-order valence-electron chi connectivity index (χ3n) is 6.75. The van der Waals surface area contributed by atoms with E-state index in [2.05, 4.69) is 10.2 Å². The van der Waals surface area contributed by atoms with Crippen molar-refractivity contribution >= 4 is 23.2 Å². The smallest absolute Gasteiger partial charge is 0.255 e. The molecule has 2 fully saturated rings. The molecule has 0 spiro atoms. The first-order valence-electron chi connectivity index (χ1n) is 11.5. The van der Waals surface area contributed by atoms with Crippen molar-refractivity contribution in [3.63, 3.8) is 0 Å². The second-order valence-electron chi connectivity index (χ2n) is 8.80. The number of hydrogen-bond donors (Lipinski definition) is 2. The lowest BCUT2D eigenvalue weighted by Crippen LogP contribution is -2.54. The molecule has 3 N–H and O–H groups in total. The molecular formula is C23H34ClN3O4. The van der Waals surface area contributed by atoms with E-state index in [1.165, 1.54) is 25.7 Å². The van der Waals surface area contributed by atoms with E-state index in [0.29, 0.717) is 41.2 Å². The Morgan fingerprint density at radius 2 is 2.23 bits per heavy atom. The van der Waals surface area contributed by atoms with E-state index in [0.717, 1.165) is 44.6 Å². The number of anilines is 1. The third kappa shape index (κ3) is 5.28. The van der Waals surface area contributed by atoms with Crippen LogP contribution in [-0.2, 0) is 15.9 Å². The molecule has 3 unspecified atom stereocenters. The molecule has 31 heavy (non-hydrogen) atoms. The highest BCUT2D eigenvalue weighted by molar-refractivity contribution is 6.33. The molecule has 3 aliphatic heterocycles. The van der Waals surface area contributed by atoms with Crippen molar-refractivity contribution in [2.24, 2.45) is 0 Å². The molecule has 172 valence electrons. The maximum absolute atomic E-state index is 13.0. The maximum atomic E-state index is 13.0. The number of hydrogen-bond acceptors (Lipinski definition) is 6. The van der Waals surface area contributed by atoms with Crippen molar-refractivity contribution in [2.75, 3.05) is 45.7 Å². The topological polar surface area (TPSA) is 86.1 Å². The molecule has 1 amide bonds. The predicted molar refractivity (Wildman–Crippen MR) is 121 cm³/mol. The molecule has 0 saturated carbocycles. The highest BCUT2D eigenvalue weighted by Crippen LogP contribution is 2.38. The average molecular weight is 452 g/mol. The summed E-state index contributed by atoms with van der Waals surface area (Å²) < 4.78 is 17.1. The van der Waals surface area contributed by atoms with Crippen molar-refractivity contribution in [1.82, 2.24) is 10.2 Å². The monoisotopic (exact) mass is 451 g/mol. The molecule has 2 saturated heterocycles. The van der Waals surface area contributed by atoms with Gasteiger partial charge in [0.2, 0.25) is 0 Å². The first kappa shape index (κ1) is 22.6. The number of nitrogens with one attached hydrogen (secondary N) is 1. The number of piperidine rings is 1. The highest BCUT2D eigenvalue weighted by Gasteiger charge is 2.32. The van der Waals surface area contributed by atoms with Crippen LogP contribution in [0.2, 0.25) is 5.02 Å². The summed E-state index contributed by atoms with van der Waals surface area (Å²) in [5.74, 6) is 0.383. The van der Waals surface area contributed by atoms with Crippen molar-refractivity contribution in [3.05, 3.63) is 22.2 Å². The van der Waals surface area contributed by atoms with Crippen molar-refractivity contribution in [1.29, 1.82) is 0 Å². The van der Waals surface area contributed by atoms with Crippen LogP contribution in [0.25, 0.3) is 0 Å². The standard InChI is InChI=1S/C23H34ClN3O4/c1-29-20-14-27(9-3-2-5-15-6-4-11-30-15)10-7-19(20)26-23(28)17-13-18(24)21(25)16-8-12-31-22(16)17/h13,15,19-20H,2-12,14,25H2,1H3,(H,26,28). The Morgan fingerprint density at radius 3 is 3.00 bits per heavy atom. The summed E-state index contributed by atoms with van der Waals surface area (Å²) in [6.07, 6.45) is 7.89. The summed E-state index contributed by atoms with van der Waals surface area (Å²) in [6.45, 7) is 4.27. The molecule has 1 aromatic carbocycles. The van der Waals surface area contributed by atoms with Crippen molar-refractivity contribution in [2.45, 2.75) is 63.2 Å². The molecule has 3 heterocycles. The van der Waals surface area contributed by atoms with Gasteiger partial charge in [-0.3, -0.25) is 4.79 Å². The number of likely N-dealkylation sites (tertiary alicyclic amines) is 1. The van der Waals surface area contributed by atoms with Crippen LogP contribution in [-0.4, -0.2) is 69.0 Å². The Morgan fingerprint density at radius 1 is 1.35 bits per heavy atom. The lowest BCUT2D eigenvalue weighted by atomic mass is 9.99. The van der Waals surface area contributed by atoms with E-state index < -0.39 is 0 Å². The van der Waals surface area contributed by atoms with Gasteiger partial charge in [-0.15, -0.1) is 0 Å². The van der Waals surface area contributed by atoms with Gasteiger partial charge in [0.15, 0.2) is 0 Å². The Hall–Kier alpha value is -1.54. The van der Waals surface area contributed by atoms with Crippen LogP contribution in [0.15, 0.2) is 6.07 Å². The fraction of sp³-hybridized carbons (Fsp3) is 0.696. The second-order valence-corrected chi connectivity index (χ2v) is 9.21. The SMILES string of the molecule is COC1CN(CCCCC2CCCO2)CCC1NC(=O)c1cc(Cl)c(N)c2c1OCC2. The molecule has 3 atom stereocenters. The third-order valence-corrected chi connectivity index (χ3v) is 7.06. The van der Waals surface area contributed by atoms with Gasteiger partial charge in [-0.05, 0) is 51.1 Å². The zero-order valence-corrected chi connectivity index (χ0v) is 19.1. The molecule has 8 heteroatoms. The number of nitrogens with zero attached hydrogens (tertiary/aromatic N) is 1. The van der Waals surface area contributed by atoms with Crippen molar-refractivity contribution < 1.29 is 19.0 Å². The highest BCUT2D eigenvalue weighted by atomic mass is 35.5. The Bertz CT molecular complexity index is 785. The Kier molecular flexibility index (Phi) is 7.59. The van der Waals surface area contributed by atoms with Crippen LogP contribution in [0.5, 0.6) is 5.75 Å². The quantitative estimate of drug-likeness (QED) is 0.466. The number of carbonyl (C=O) groups is 1. The zero-order valence-electron chi connectivity index (χ0n) is 18.3. The summed E-state index contributed by atoms with van der Waals surface area (Å²) >= 11 is 6.26. The minimum atomic E-state index is -0.183. The first-order chi connectivity index (χ1) is 15.1. The molecule has 0 bridgehead atoms. The number of ether oxygens (including phenoxy) is 3. The van der Waals surface area contributed by atoms with Crippen LogP contribution in [0, 0.1) is 0 Å². The van der Waals surface area contributed by atoms with Gasteiger partial charge in [-0.1, -0.05) is 11.6 Å². The molecule has 0 radical (unpaired) electrons. The summed E-state index contributed by atoms with van der Waals surface area (Å²) in [5, 5.41) is 3.55. The average Bonchev–Trinajstić information content (AvgIpc) is 3.47. The number of methoxy groups -OCH3 is 1. The normalized spacial score (nSPS) is 25.9. The fourth-order valence-corrected chi connectivity index (χ4v) is 5.17. The van der Waals surface area contributed by atoms with Gasteiger partial charge in [0.25, 0.3) is 5.91 Å². The number of nitrogen functional groups attached to an aromatic ring is 1. The van der Waals surface area contributed by atoms with Crippen LogP contribution >= 0.6 is 11.6 Å². The van der Waals surface area contributed by atoms with Crippen molar-refractivity contribution in [3.8, 4) is 5.75 Å². The minimum absolute atomic E-state index is 0.0471. The number of carbonyl (C=O) groups excluding carboxylic acids is 1. The summed E-state index contributed by atoms with van der Waals surface area (Å²) in [5.41, 5.74) is 7.85. The number of fused-ring (bicyclic) bond motifs is 1. The maximum Gasteiger partial charge on any atom is 0.255 e. The van der Waals surface area contributed by atoms with E-state index in [1.807, 2.05) is 0 Å². The fourth-order valence-electron chi connectivity index (χ4n) is 4.95. The van der Waals surface area contributed by atoms with Crippen LogP contribution in [0.3, 0.4) is 0 Å². The van der Waals surface area contributed by atoms with Gasteiger partial charge >= 0.3 is 0 Å². The molecule has 4 rings (SSSR count). The molecule has 1 aromatic rings. The van der Waals surface area contributed by atoms with Gasteiger partial charge in [-0.2, -0.15) is 0 Å². The number of nitrogens with two attached hydrogens (primary N) is 1. The van der Waals surface area contributed by atoms with Crippen LogP contribution in [0.4, 0.5) is 5.69 Å². The minimum Gasteiger partial charge on any atom is -0.492 e. The molecule has 0 aliphatic carbocycles. The van der Waals surface area contributed by atoms with Gasteiger partial charge in [0, 0.05) is 38.8 Å². The summed E-state index contributed by atoms with van der Waals surface area (Å²) in [4.78, 5) is 15.5.